The Hall–Kier alpha value is -1.06. The number of amides is 2. The highest BCUT2D eigenvalue weighted by atomic mass is 16.2. The van der Waals surface area contributed by atoms with Crippen molar-refractivity contribution >= 4 is 11.8 Å². The fourth-order valence-corrected chi connectivity index (χ4v) is 1.40. The van der Waals surface area contributed by atoms with Crippen LogP contribution in [0.5, 0.6) is 0 Å². The molecule has 94 valence electrons. The number of nitrogens with one attached hydrogen (secondary N) is 1. The number of carbonyl (C=O) groups excluding carboxylic acids is 2. The molecule has 0 bridgehead atoms. The van der Waals surface area contributed by atoms with Crippen molar-refractivity contribution in [2.75, 3.05) is 0 Å². The van der Waals surface area contributed by atoms with Gasteiger partial charge in [0.25, 0.3) is 0 Å². The molecule has 0 unspecified atom stereocenters. The quantitative estimate of drug-likeness (QED) is 0.619. The number of primary amides is 1. The van der Waals surface area contributed by atoms with Crippen molar-refractivity contribution in [3.8, 4) is 0 Å². The summed E-state index contributed by atoms with van der Waals surface area (Å²) in [6.07, 6.45) is 4.97. The van der Waals surface area contributed by atoms with Crippen molar-refractivity contribution in [3.63, 3.8) is 0 Å². The molecule has 0 aliphatic rings. The maximum Gasteiger partial charge on any atom is 0.239 e. The van der Waals surface area contributed by atoms with Gasteiger partial charge in [0.1, 0.15) is 6.04 Å². The fraction of sp³-hybridized carbons (Fsp3) is 0.833. The van der Waals surface area contributed by atoms with Crippen LogP contribution in [0.1, 0.15) is 52.9 Å². The van der Waals surface area contributed by atoms with Crippen LogP contribution in [0.3, 0.4) is 0 Å². The minimum Gasteiger partial charge on any atom is -0.368 e. The summed E-state index contributed by atoms with van der Waals surface area (Å²) in [5, 5.41) is 2.68. The van der Waals surface area contributed by atoms with E-state index in [0.29, 0.717) is 6.42 Å². The summed E-state index contributed by atoms with van der Waals surface area (Å²) in [7, 11) is 0. The van der Waals surface area contributed by atoms with Crippen LogP contribution in [0.25, 0.3) is 0 Å². The van der Waals surface area contributed by atoms with Crippen LogP contribution < -0.4 is 11.1 Å². The molecular weight excluding hydrogens is 204 g/mol. The number of nitrogens with two attached hydrogens (primary N) is 1. The van der Waals surface area contributed by atoms with Crippen molar-refractivity contribution in [2.24, 2.45) is 11.7 Å². The van der Waals surface area contributed by atoms with Gasteiger partial charge >= 0.3 is 0 Å². The number of hydrogen-bond acceptors (Lipinski definition) is 2. The lowest BCUT2D eigenvalue weighted by Gasteiger charge is -2.16. The first-order chi connectivity index (χ1) is 7.49. The van der Waals surface area contributed by atoms with Crippen LogP contribution >= 0.6 is 0 Å². The van der Waals surface area contributed by atoms with Gasteiger partial charge in [0.15, 0.2) is 0 Å². The summed E-state index contributed by atoms with van der Waals surface area (Å²) in [6.45, 7) is 5.72. The third-order valence-electron chi connectivity index (χ3n) is 2.53. The third-order valence-corrected chi connectivity index (χ3v) is 2.53. The Balaban J connectivity index is 3.98. The Morgan fingerprint density at radius 2 is 1.81 bits per heavy atom. The average molecular weight is 228 g/mol. The Kier molecular flexibility index (Phi) is 7.60. The molecule has 4 heteroatoms. The number of rotatable bonds is 8. The van der Waals surface area contributed by atoms with E-state index >= 15 is 0 Å². The second-order valence-corrected chi connectivity index (χ2v) is 4.47. The van der Waals surface area contributed by atoms with Crippen LogP contribution in [0.2, 0.25) is 0 Å². The molecule has 0 aromatic carbocycles. The smallest absolute Gasteiger partial charge is 0.239 e. The normalized spacial score (nSPS) is 12.5. The molecule has 0 radical (unpaired) electrons. The van der Waals surface area contributed by atoms with E-state index in [0.717, 1.165) is 25.7 Å². The molecule has 3 N–H and O–H groups in total. The zero-order chi connectivity index (χ0) is 12.6. The molecule has 16 heavy (non-hydrogen) atoms. The molecule has 4 nitrogen and oxygen atoms in total. The number of unbranched alkanes of at least 4 members (excludes halogenated alkanes) is 3. The predicted molar refractivity (Wildman–Crippen MR) is 64.7 cm³/mol. The highest BCUT2D eigenvalue weighted by molar-refractivity contribution is 5.87. The van der Waals surface area contributed by atoms with Gasteiger partial charge in [-0.3, -0.25) is 9.59 Å². The van der Waals surface area contributed by atoms with Gasteiger partial charge < -0.3 is 11.1 Å². The van der Waals surface area contributed by atoms with E-state index in [1.807, 2.05) is 0 Å². The van der Waals surface area contributed by atoms with Gasteiger partial charge in [-0.1, -0.05) is 46.5 Å². The van der Waals surface area contributed by atoms with Crippen molar-refractivity contribution < 1.29 is 9.59 Å². The molecule has 0 saturated heterocycles. The predicted octanol–water partition coefficient (Wildman–Crippen LogP) is 1.58. The van der Waals surface area contributed by atoms with Crippen LogP contribution in [0.15, 0.2) is 0 Å². The van der Waals surface area contributed by atoms with E-state index < -0.39 is 11.9 Å². The lowest BCUT2D eigenvalue weighted by atomic mass is 10.1. The molecule has 0 heterocycles. The average Bonchev–Trinajstić information content (AvgIpc) is 2.21. The summed E-state index contributed by atoms with van der Waals surface area (Å²) >= 11 is 0. The van der Waals surface area contributed by atoms with Gasteiger partial charge in [0.05, 0.1) is 0 Å². The number of hydrogen-bond donors (Lipinski definition) is 2. The van der Waals surface area contributed by atoms with E-state index in [1.54, 1.807) is 13.8 Å². The molecule has 0 saturated carbocycles. The first-order valence-electron chi connectivity index (χ1n) is 6.08. The fourth-order valence-electron chi connectivity index (χ4n) is 1.40. The van der Waals surface area contributed by atoms with Crippen molar-refractivity contribution in [3.05, 3.63) is 0 Å². The van der Waals surface area contributed by atoms with Crippen LogP contribution in [-0.4, -0.2) is 17.9 Å². The topological polar surface area (TPSA) is 72.2 Å². The molecule has 0 spiro atoms. The van der Waals surface area contributed by atoms with E-state index in [2.05, 4.69) is 12.2 Å². The summed E-state index contributed by atoms with van der Waals surface area (Å²) < 4.78 is 0. The van der Waals surface area contributed by atoms with E-state index in [4.69, 9.17) is 5.73 Å². The van der Waals surface area contributed by atoms with Crippen molar-refractivity contribution in [2.45, 2.75) is 58.9 Å². The molecule has 0 aromatic heterocycles. The zero-order valence-electron chi connectivity index (χ0n) is 10.6. The highest BCUT2D eigenvalue weighted by Gasteiger charge is 2.18. The Bertz CT molecular complexity index is 227. The Morgan fingerprint density at radius 3 is 2.25 bits per heavy atom. The summed E-state index contributed by atoms with van der Waals surface area (Å²) in [5.74, 6) is -0.665. The molecule has 0 aliphatic heterocycles. The monoisotopic (exact) mass is 228 g/mol. The molecule has 0 rings (SSSR count). The first kappa shape index (κ1) is 14.9. The number of carbonyl (C=O) groups is 2. The maximum absolute atomic E-state index is 11.4. The summed E-state index contributed by atoms with van der Waals surface area (Å²) in [6, 6.07) is -0.508. The van der Waals surface area contributed by atoms with Gasteiger partial charge in [-0.25, -0.2) is 0 Å². The van der Waals surface area contributed by atoms with E-state index in [9.17, 15) is 9.59 Å². The molecule has 1 atom stereocenters. The second-order valence-electron chi connectivity index (χ2n) is 4.47. The molecule has 0 aliphatic carbocycles. The van der Waals surface area contributed by atoms with Crippen molar-refractivity contribution in [1.29, 1.82) is 0 Å². The van der Waals surface area contributed by atoms with Gasteiger partial charge in [0.2, 0.25) is 11.8 Å². The highest BCUT2D eigenvalue weighted by Crippen LogP contribution is 2.06. The Morgan fingerprint density at radius 1 is 1.19 bits per heavy atom. The summed E-state index contributed by atoms with van der Waals surface area (Å²) in [4.78, 5) is 22.6. The van der Waals surface area contributed by atoms with Crippen LogP contribution in [0.4, 0.5) is 0 Å². The van der Waals surface area contributed by atoms with Gasteiger partial charge in [0, 0.05) is 5.92 Å². The zero-order valence-corrected chi connectivity index (χ0v) is 10.6. The second kappa shape index (κ2) is 8.13. The minimum atomic E-state index is -0.508. The van der Waals surface area contributed by atoms with E-state index in [1.165, 1.54) is 0 Å². The van der Waals surface area contributed by atoms with Crippen LogP contribution in [-0.2, 0) is 9.59 Å². The Labute approximate surface area is 98.0 Å². The van der Waals surface area contributed by atoms with Gasteiger partial charge in [-0.05, 0) is 6.42 Å². The summed E-state index contributed by atoms with van der Waals surface area (Å²) in [5.41, 5.74) is 5.25. The standard InChI is InChI=1S/C12H24N2O2/c1-4-5-6-7-8-10(11(13)15)14-12(16)9(2)3/h9-10H,4-8H2,1-3H3,(H2,13,15)(H,14,16)/t10-/m1/s1. The van der Waals surface area contributed by atoms with Gasteiger partial charge in [-0.15, -0.1) is 0 Å². The first-order valence-corrected chi connectivity index (χ1v) is 6.08. The third kappa shape index (κ3) is 6.43. The lowest BCUT2D eigenvalue weighted by Crippen LogP contribution is -2.45. The SMILES string of the molecule is CCCCCC[C@@H](NC(=O)C(C)C)C(N)=O. The van der Waals surface area contributed by atoms with Crippen LogP contribution in [0, 0.1) is 5.92 Å². The largest absolute Gasteiger partial charge is 0.368 e. The molecule has 0 aromatic rings. The minimum absolute atomic E-state index is 0.112. The maximum atomic E-state index is 11.4. The molecule has 2 amide bonds. The molecule has 0 fully saturated rings. The molecular formula is C12H24N2O2. The van der Waals surface area contributed by atoms with Gasteiger partial charge in [-0.2, -0.15) is 0 Å². The lowest BCUT2D eigenvalue weighted by molar-refractivity contribution is -0.129. The van der Waals surface area contributed by atoms with E-state index in [-0.39, 0.29) is 11.8 Å². The van der Waals surface area contributed by atoms with Crippen molar-refractivity contribution in [1.82, 2.24) is 5.32 Å².